The van der Waals surface area contributed by atoms with E-state index in [-0.39, 0.29) is 12.4 Å². The zero-order valence-electron chi connectivity index (χ0n) is 9.90. The summed E-state index contributed by atoms with van der Waals surface area (Å²) in [5, 5.41) is 3.35. The molecule has 1 aromatic rings. The second-order valence-electron chi connectivity index (χ2n) is 4.86. The number of hydrogen-bond acceptors (Lipinski definition) is 4. The average Bonchev–Trinajstić information content (AvgIpc) is 2.76. The van der Waals surface area contributed by atoms with Gasteiger partial charge in [0, 0.05) is 17.6 Å². The molecule has 1 saturated heterocycles. The van der Waals surface area contributed by atoms with Gasteiger partial charge in [0.2, 0.25) is 0 Å². The summed E-state index contributed by atoms with van der Waals surface area (Å²) in [4.78, 5) is 6.96. The summed E-state index contributed by atoms with van der Waals surface area (Å²) in [5.74, 6) is 0. The fourth-order valence-electron chi connectivity index (χ4n) is 2.09. The van der Waals surface area contributed by atoms with E-state index < -0.39 is 0 Å². The molecule has 0 saturated carbocycles. The summed E-state index contributed by atoms with van der Waals surface area (Å²) < 4.78 is 0. The molecule has 0 amide bonds. The summed E-state index contributed by atoms with van der Waals surface area (Å²) >= 11 is 1.76. The van der Waals surface area contributed by atoms with Crippen molar-refractivity contribution in [1.29, 1.82) is 0 Å². The third-order valence-electron chi connectivity index (χ3n) is 3.16. The molecule has 1 aromatic heterocycles. The maximum Gasteiger partial charge on any atom is 0.107 e. The van der Waals surface area contributed by atoms with Crippen molar-refractivity contribution in [3.8, 4) is 0 Å². The molecule has 1 aliphatic rings. The molecule has 0 aliphatic carbocycles. The number of likely N-dealkylation sites (tertiary alicyclic amines) is 1. The van der Waals surface area contributed by atoms with Crippen LogP contribution in [0, 0.1) is 12.3 Å². The molecule has 16 heavy (non-hydrogen) atoms. The number of rotatable bonds is 3. The molecule has 3 nitrogen and oxygen atoms in total. The molecule has 0 radical (unpaired) electrons. The number of thiazole rings is 1. The highest BCUT2D eigenvalue weighted by Gasteiger charge is 2.32. The fraction of sp³-hybridized carbons (Fsp3) is 0.727. The molecule has 1 fully saturated rings. The van der Waals surface area contributed by atoms with Crippen LogP contribution in [0.5, 0.6) is 0 Å². The first-order valence-electron chi connectivity index (χ1n) is 5.45. The first-order chi connectivity index (χ1) is 7.11. The van der Waals surface area contributed by atoms with Crippen LogP contribution in [-0.4, -0.2) is 29.5 Å². The number of nitrogens with zero attached hydrogens (tertiary/aromatic N) is 2. The Labute approximate surface area is 107 Å². The zero-order valence-corrected chi connectivity index (χ0v) is 11.5. The summed E-state index contributed by atoms with van der Waals surface area (Å²) in [6, 6.07) is 0. The predicted octanol–water partition coefficient (Wildman–Crippen LogP) is 2.04. The first-order valence-corrected chi connectivity index (χ1v) is 6.33. The lowest BCUT2D eigenvalue weighted by Gasteiger charge is -2.21. The third-order valence-corrected chi connectivity index (χ3v) is 4.11. The minimum atomic E-state index is 0. The van der Waals surface area contributed by atoms with Crippen LogP contribution in [0.4, 0.5) is 0 Å². The number of aromatic nitrogens is 1. The third kappa shape index (κ3) is 3.17. The van der Waals surface area contributed by atoms with Crippen molar-refractivity contribution in [3.63, 3.8) is 0 Å². The Hall–Kier alpha value is -0.160. The van der Waals surface area contributed by atoms with Gasteiger partial charge >= 0.3 is 0 Å². The molecule has 5 heteroatoms. The van der Waals surface area contributed by atoms with Crippen molar-refractivity contribution < 1.29 is 0 Å². The van der Waals surface area contributed by atoms with E-state index in [1.807, 2.05) is 6.92 Å². The van der Waals surface area contributed by atoms with Crippen LogP contribution in [-0.2, 0) is 6.54 Å². The van der Waals surface area contributed by atoms with Gasteiger partial charge < -0.3 is 5.73 Å². The van der Waals surface area contributed by atoms with Gasteiger partial charge in [-0.05, 0) is 31.8 Å². The Morgan fingerprint density at radius 2 is 2.38 bits per heavy atom. The molecular weight excluding hydrogens is 242 g/mol. The molecule has 1 unspecified atom stereocenters. The molecular formula is C11H20ClN3S. The van der Waals surface area contributed by atoms with E-state index >= 15 is 0 Å². The summed E-state index contributed by atoms with van der Waals surface area (Å²) in [7, 11) is 0. The highest BCUT2D eigenvalue weighted by atomic mass is 35.5. The topological polar surface area (TPSA) is 42.1 Å². The molecule has 0 aromatic carbocycles. The number of hydrogen-bond donors (Lipinski definition) is 1. The summed E-state index contributed by atoms with van der Waals surface area (Å²) in [6.45, 7) is 8.39. The fourth-order valence-corrected chi connectivity index (χ4v) is 2.91. The second kappa shape index (κ2) is 5.45. The van der Waals surface area contributed by atoms with Crippen molar-refractivity contribution in [2.45, 2.75) is 26.8 Å². The minimum Gasteiger partial charge on any atom is -0.330 e. The van der Waals surface area contributed by atoms with Crippen molar-refractivity contribution in [2.24, 2.45) is 11.1 Å². The molecule has 92 valence electrons. The van der Waals surface area contributed by atoms with E-state index in [0.29, 0.717) is 5.41 Å². The van der Waals surface area contributed by atoms with Crippen LogP contribution in [0.15, 0.2) is 5.38 Å². The Balaban J connectivity index is 0.00000128. The molecule has 2 heterocycles. The molecule has 1 atom stereocenters. The van der Waals surface area contributed by atoms with E-state index in [2.05, 4.69) is 22.2 Å². The lowest BCUT2D eigenvalue weighted by atomic mass is 9.90. The van der Waals surface area contributed by atoms with Gasteiger partial charge in [0.25, 0.3) is 0 Å². The van der Waals surface area contributed by atoms with Gasteiger partial charge in [-0.15, -0.1) is 23.7 Å². The summed E-state index contributed by atoms with van der Waals surface area (Å²) in [5.41, 5.74) is 7.25. The quantitative estimate of drug-likeness (QED) is 0.906. The van der Waals surface area contributed by atoms with Crippen LogP contribution >= 0.6 is 23.7 Å². The monoisotopic (exact) mass is 261 g/mol. The van der Waals surface area contributed by atoms with Crippen LogP contribution in [0.2, 0.25) is 0 Å². The van der Waals surface area contributed by atoms with Crippen LogP contribution < -0.4 is 5.73 Å². The molecule has 1 aliphatic heterocycles. The van der Waals surface area contributed by atoms with Crippen molar-refractivity contribution >= 4 is 23.7 Å². The zero-order chi connectivity index (χ0) is 10.9. The highest BCUT2D eigenvalue weighted by molar-refractivity contribution is 7.09. The number of aryl methyl sites for hydroxylation is 1. The molecule has 2 rings (SSSR count). The maximum atomic E-state index is 5.79. The number of halogens is 1. The largest absolute Gasteiger partial charge is 0.330 e. The Morgan fingerprint density at radius 1 is 1.62 bits per heavy atom. The standard InChI is InChI=1S/C11H19N3S.ClH/c1-9-6-15-10(13-9)5-14-4-3-11(2,7-12)8-14;/h6H,3-5,7-8,12H2,1-2H3;1H. The Kier molecular flexibility index (Phi) is 4.73. The predicted molar refractivity (Wildman–Crippen MR) is 71.2 cm³/mol. The van der Waals surface area contributed by atoms with E-state index in [9.17, 15) is 0 Å². The first kappa shape index (κ1) is 13.9. The van der Waals surface area contributed by atoms with Gasteiger partial charge in [-0.3, -0.25) is 4.90 Å². The van der Waals surface area contributed by atoms with E-state index in [0.717, 1.165) is 31.9 Å². The second-order valence-corrected chi connectivity index (χ2v) is 5.80. The van der Waals surface area contributed by atoms with Crippen LogP contribution in [0.1, 0.15) is 24.0 Å². The van der Waals surface area contributed by atoms with Gasteiger partial charge in [0.05, 0.1) is 6.54 Å². The van der Waals surface area contributed by atoms with E-state index in [1.54, 1.807) is 11.3 Å². The van der Waals surface area contributed by atoms with Gasteiger partial charge in [0.15, 0.2) is 0 Å². The maximum absolute atomic E-state index is 5.79. The SMILES string of the molecule is Cc1csc(CN2CCC(C)(CN)C2)n1.Cl. The molecule has 0 spiro atoms. The Morgan fingerprint density at radius 3 is 2.88 bits per heavy atom. The number of nitrogens with two attached hydrogens (primary N) is 1. The van der Waals surface area contributed by atoms with Gasteiger partial charge in [0.1, 0.15) is 5.01 Å². The van der Waals surface area contributed by atoms with E-state index in [4.69, 9.17) is 5.73 Å². The van der Waals surface area contributed by atoms with Crippen LogP contribution in [0.25, 0.3) is 0 Å². The lowest BCUT2D eigenvalue weighted by molar-refractivity contribution is 0.274. The van der Waals surface area contributed by atoms with Crippen molar-refractivity contribution in [3.05, 3.63) is 16.1 Å². The van der Waals surface area contributed by atoms with Crippen LogP contribution in [0.3, 0.4) is 0 Å². The normalized spacial score (nSPS) is 25.7. The smallest absolute Gasteiger partial charge is 0.107 e. The van der Waals surface area contributed by atoms with Gasteiger partial charge in [-0.2, -0.15) is 0 Å². The summed E-state index contributed by atoms with van der Waals surface area (Å²) in [6.07, 6.45) is 1.22. The minimum absolute atomic E-state index is 0. The average molecular weight is 262 g/mol. The van der Waals surface area contributed by atoms with E-state index in [1.165, 1.54) is 11.4 Å². The molecule has 0 bridgehead atoms. The molecule has 2 N–H and O–H groups in total. The van der Waals surface area contributed by atoms with Gasteiger partial charge in [-0.25, -0.2) is 4.98 Å². The van der Waals surface area contributed by atoms with Crippen molar-refractivity contribution in [1.82, 2.24) is 9.88 Å². The Bertz CT molecular complexity index is 342. The lowest BCUT2D eigenvalue weighted by Crippen LogP contribution is -2.31. The highest BCUT2D eigenvalue weighted by Crippen LogP contribution is 2.29. The van der Waals surface area contributed by atoms with Crippen molar-refractivity contribution in [2.75, 3.05) is 19.6 Å². The van der Waals surface area contributed by atoms with Gasteiger partial charge in [-0.1, -0.05) is 6.92 Å².